The van der Waals surface area contributed by atoms with Crippen LogP contribution in [0.3, 0.4) is 0 Å². The van der Waals surface area contributed by atoms with Crippen LogP contribution in [0.25, 0.3) is 65.8 Å². The number of benzene rings is 11. The Morgan fingerprint density at radius 2 is 0.739 bits per heavy atom. The molecule has 14 rings (SSSR count). The first-order valence-electron chi connectivity index (χ1n) is 23.6. The molecule has 0 amide bonds. The minimum absolute atomic E-state index is 0.804. The van der Waals surface area contributed by atoms with E-state index in [9.17, 15) is 0 Å². The van der Waals surface area contributed by atoms with Crippen LogP contribution >= 0.6 is 0 Å². The predicted molar refractivity (Wildman–Crippen MR) is 285 cm³/mol. The minimum atomic E-state index is -0.846. The zero-order valence-corrected chi connectivity index (χ0v) is 37.5. The molecule has 0 saturated carbocycles. The summed E-state index contributed by atoms with van der Waals surface area (Å²) in [4.78, 5) is 4.79. The van der Waals surface area contributed by atoms with Crippen LogP contribution in [0.1, 0.15) is 22.3 Å². The number of furan rings is 2. The molecule has 1 aliphatic rings. The van der Waals surface area contributed by atoms with E-state index in [-0.39, 0.29) is 0 Å². The first-order chi connectivity index (χ1) is 34.3. The Morgan fingerprint density at radius 3 is 1.32 bits per heavy atom. The van der Waals surface area contributed by atoms with Crippen molar-refractivity contribution in [3.8, 4) is 11.1 Å². The molecule has 2 aromatic heterocycles. The lowest BCUT2D eigenvalue weighted by atomic mass is 9.67. The molecule has 0 spiro atoms. The molecule has 69 heavy (non-hydrogen) atoms. The van der Waals surface area contributed by atoms with Crippen molar-refractivity contribution in [1.82, 2.24) is 0 Å². The van der Waals surface area contributed by atoms with Crippen LogP contribution in [-0.2, 0) is 5.41 Å². The van der Waals surface area contributed by atoms with Gasteiger partial charge in [0, 0.05) is 50.0 Å². The minimum Gasteiger partial charge on any atom is -0.455 e. The molecule has 1 aliphatic carbocycles. The van der Waals surface area contributed by atoms with E-state index in [4.69, 9.17) is 8.83 Å². The summed E-state index contributed by atoms with van der Waals surface area (Å²) in [6.07, 6.45) is 0. The van der Waals surface area contributed by atoms with Crippen molar-refractivity contribution in [2.24, 2.45) is 0 Å². The van der Waals surface area contributed by atoms with Gasteiger partial charge in [-0.05, 0) is 106 Å². The molecule has 0 radical (unpaired) electrons. The van der Waals surface area contributed by atoms with Crippen molar-refractivity contribution in [3.63, 3.8) is 0 Å². The van der Waals surface area contributed by atoms with E-state index in [0.717, 1.165) is 117 Å². The Balaban J connectivity index is 1.21. The second kappa shape index (κ2) is 15.5. The Hall–Kier alpha value is -9.12. The summed E-state index contributed by atoms with van der Waals surface area (Å²) in [7, 11) is 0. The number of nitrogens with zero attached hydrogens (tertiary/aromatic N) is 2. The summed E-state index contributed by atoms with van der Waals surface area (Å²) in [6, 6.07) is 91.6. The van der Waals surface area contributed by atoms with Crippen LogP contribution in [-0.4, -0.2) is 0 Å². The molecule has 0 aliphatic heterocycles. The van der Waals surface area contributed by atoms with Crippen LogP contribution in [0.15, 0.2) is 264 Å². The third-order valence-electron chi connectivity index (χ3n) is 14.2. The molecule has 0 bridgehead atoms. The molecule has 2 heterocycles. The van der Waals surface area contributed by atoms with Crippen LogP contribution in [0.2, 0.25) is 0 Å². The molecule has 0 fully saturated rings. The number of rotatable bonds is 8. The average Bonchev–Trinajstić information content (AvgIpc) is 4.09. The summed E-state index contributed by atoms with van der Waals surface area (Å²) in [5.41, 5.74) is 15.3. The van der Waals surface area contributed by atoms with Gasteiger partial charge in [-0.25, -0.2) is 0 Å². The largest absolute Gasteiger partial charge is 0.455 e. The second-order valence-corrected chi connectivity index (χ2v) is 17.9. The van der Waals surface area contributed by atoms with Gasteiger partial charge in [-0.3, -0.25) is 0 Å². The quantitative estimate of drug-likeness (QED) is 0.152. The Labute approximate surface area is 399 Å². The third kappa shape index (κ3) is 5.82. The molecule has 11 aromatic carbocycles. The fraction of sp³-hybridized carbons (Fsp3) is 0.0154. The van der Waals surface area contributed by atoms with Crippen molar-refractivity contribution >= 4 is 88.8 Å². The molecule has 0 saturated heterocycles. The van der Waals surface area contributed by atoms with Gasteiger partial charge in [0.1, 0.15) is 16.7 Å². The highest BCUT2D eigenvalue weighted by molar-refractivity contribution is 6.26. The predicted octanol–water partition coefficient (Wildman–Crippen LogP) is 17.9. The maximum Gasteiger partial charge on any atom is 0.160 e. The summed E-state index contributed by atoms with van der Waals surface area (Å²) < 4.78 is 14.7. The van der Waals surface area contributed by atoms with Crippen molar-refractivity contribution < 1.29 is 8.83 Å². The molecule has 4 heteroatoms. The van der Waals surface area contributed by atoms with E-state index in [1.807, 2.05) is 0 Å². The van der Waals surface area contributed by atoms with Crippen molar-refractivity contribution in [1.29, 1.82) is 0 Å². The van der Waals surface area contributed by atoms with Gasteiger partial charge < -0.3 is 18.6 Å². The summed E-state index contributed by atoms with van der Waals surface area (Å²) in [6.45, 7) is 0. The highest BCUT2D eigenvalue weighted by Crippen LogP contribution is 2.64. The smallest absolute Gasteiger partial charge is 0.160 e. The molecular weight excluding hydrogens is 841 g/mol. The zero-order valence-electron chi connectivity index (χ0n) is 37.5. The fourth-order valence-electron chi connectivity index (χ4n) is 11.4. The first-order valence-corrected chi connectivity index (χ1v) is 23.6. The lowest BCUT2D eigenvalue weighted by molar-refractivity contribution is 0.668. The maximum absolute atomic E-state index is 7.41. The van der Waals surface area contributed by atoms with Crippen LogP contribution in [0, 0.1) is 0 Å². The third-order valence-corrected chi connectivity index (χ3v) is 14.2. The van der Waals surface area contributed by atoms with E-state index < -0.39 is 5.41 Å². The molecule has 0 unspecified atom stereocenters. The number of hydrogen-bond donors (Lipinski definition) is 0. The van der Waals surface area contributed by atoms with E-state index >= 15 is 0 Å². The summed E-state index contributed by atoms with van der Waals surface area (Å²) in [5, 5.41) is 6.54. The number of hydrogen-bond acceptors (Lipinski definition) is 4. The van der Waals surface area contributed by atoms with Crippen molar-refractivity contribution in [3.05, 3.63) is 277 Å². The van der Waals surface area contributed by atoms with E-state index in [2.05, 4.69) is 265 Å². The molecule has 324 valence electrons. The lowest BCUT2D eigenvalue weighted by Crippen LogP contribution is -2.29. The van der Waals surface area contributed by atoms with Crippen LogP contribution < -0.4 is 9.80 Å². The highest BCUT2D eigenvalue weighted by atomic mass is 16.3. The number of para-hydroxylation sites is 5. The lowest BCUT2D eigenvalue weighted by Gasteiger charge is -2.36. The molecule has 4 nitrogen and oxygen atoms in total. The van der Waals surface area contributed by atoms with Gasteiger partial charge in [0.05, 0.1) is 22.2 Å². The summed E-state index contributed by atoms with van der Waals surface area (Å²) >= 11 is 0. The van der Waals surface area contributed by atoms with Gasteiger partial charge in [-0.2, -0.15) is 0 Å². The zero-order chi connectivity index (χ0) is 45.5. The molecule has 13 aromatic rings. The van der Waals surface area contributed by atoms with Gasteiger partial charge in [-0.15, -0.1) is 0 Å². The van der Waals surface area contributed by atoms with Crippen LogP contribution in [0.5, 0.6) is 0 Å². The van der Waals surface area contributed by atoms with Gasteiger partial charge in [0.2, 0.25) is 0 Å². The molecule has 0 N–H and O–H groups in total. The Kier molecular flexibility index (Phi) is 8.77. The molecule has 0 atom stereocenters. The van der Waals surface area contributed by atoms with E-state index in [1.165, 1.54) is 5.39 Å². The van der Waals surface area contributed by atoms with Crippen molar-refractivity contribution in [2.45, 2.75) is 5.41 Å². The Bertz CT molecular complexity index is 3990. The standard InChI is InChI=1S/C65H42N2O2/c1-6-24-45(25-7-1)65(46-26-8-2-9-27-46)53-42-56(67(49-32-14-5-15-33-49)50-39-38-43-22-16-17-23-44(43)40-50)63-60(52-35-19-21-37-58(52)68-63)61(53)62-54(65)41-55(59-51-34-18-20-36-57(51)69-64(59)62)66(47-28-10-3-11-29-47)48-30-12-4-13-31-48/h1-42H. The van der Waals surface area contributed by atoms with Gasteiger partial charge in [0.25, 0.3) is 0 Å². The second-order valence-electron chi connectivity index (χ2n) is 17.9. The monoisotopic (exact) mass is 882 g/mol. The average molecular weight is 883 g/mol. The first kappa shape index (κ1) is 39.1. The van der Waals surface area contributed by atoms with Gasteiger partial charge in [0.15, 0.2) is 5.58 Å². The van der Waals surface area contributed by atoms with Gasteiger partial charge in [-0.1, -0.05) is 182 Å². The topological polar surface area (TPSA) is 32.8 Å². The maximum atomic E-state index is 7.41. The number of anilines is 6. The van der Waals surface area contributed by atoms with E-state index in [0.29, 0.717) is 0 Å². The fourth-order valence-corrected chi connectivity index (χ4v) is 11.4. The summed E-state index contributed by atoms with van der Waals surface area (Å²) in [5.74, 6) is 0. The van der Waals surface area contributed by atoms with E-state index in [1.54, 1.807) is 0 Å². The molecular formula is C65H42N2O2. The SMILES string of the molecule is c1ccc(N(c2ccc3ccccc3c2)c2cc3c(c4c2oc2ccccc24)-c2c(cc(N(c4ccccc4)c4ccccc4)c4c2oc2ccccc24)C3(c2ccccc2)c2ccccc2)cc1. The van der Waals surface area contributed by atoms with Gasteiger partial charge >= 0.3 is 0 Å². The normalized spacial score (nSPS) is 12.8. The van der Waals surface area contributed by atoms with Crippen LogP contribution in [0.4, 0.5) is 34.1 Å². The highest BCUT2D eigenvalue weighted by Gasteiger charge is 2.50. The van der Waals surface area contributed by atoms with Crippen molar-refractivity contribution in [2.75, 3.05) is 9.80 Å². The number of fused-ring (bicyclic) bond motifs is 12. The Morgan fingerprint density at radius 1 is 0.304 bits per heavy atom.